The molecule has 236 valence electrons. The number of nitrogens with zero attached hydrogens (tertiary/aromatic N) is 2. The number of allylic oxidation sites excluding steroid dienone is 10. The summed E-state index contributed by atoms with van der Waals surface area (Å²) in [6, 6.07) is 6.80. The van der Waals surface area contributed by atoms with Gasteiger partial charge in [0, 0.05) is 44.3 Å². The fourth-order valence-corrected chi connectivity index (χ4v) is 3.51. The third-order valence-electron chi connectivity index (χ3n) is 5.78. The monoisotopic (exact) mass is 600 g/mol. The van der Waals surface area contributed by atoms with E-state index in [1.165, 1.54) is 12.4 Å². The minimum absolute atomic E-state index is 0.0120. The predicted octanol–water partition coefficient (Wildman–Crippen LogP) is 5.58. The molecule has 5 N–H and O–H groups in total. The summed E-state index contributed by atoms with van der Waals surface area (Å²) in [6.07, 6.45) is 35.2. The third kappa shape index (κ3) is 21.1. The summed E-state index contributed by atoms with van der Waals surface area (Å²) < 4.78 is 0. The molecule has 2 rings (SSSR count). The van der Waals surface area contributed by atoms with Gasteiger partial charge in [0.2, 0.25) is 5.91 Å². The van der Waals surface area contributed by atoms with Crippen molar-refractivity contribution in [1.82, 2.24) is 25.9 Å². The quantitative estimate of drug-likeness (QED) is 0.0944. The van der Waals surface area contributed by atoms with E-state index in [-0.39, 0.29) is 24.4 Å². The number of nitrogens with one attached hydrogen (secondary N) is 3. The first-order valence-electron chi connectivity index (χ1n) is 15.2. The van der Waals surface area contributed by atoms with Crippen molar-refractivity contribution in [2.75, 3.05) is 19.8 Å². The van der Waals surface area contributed by atoms with E-state index in [1.807, 2.05) is 0 Å². The molecule has 44 heavy (non-hydrogen) atoms. The van der Waals surface area contributed by atoms with Crippen LogP contribution in [0.5, 0.6) is 0 Å². The Morgan fingerprint density at radius 1 is 0.682 bits per heavy atom. The van der Waals surface area contributed by atoms with E-state index in [9.17, 15) is 14.4 Å². The molecule has 2 aromatic heterocycles. The fraction of sp³-hybridized carbons (Fsp3) is 0.343. The number of hydrogen-bond acceptors (Lipinski definition) is 6. The maximum absolute atomic E-state index is 11.9. The van der Waals surface area contributed by atoms with Crippen LogP contribution in [0.2, 0.25) is 0 Å². The first-order valence-corrected chi connectivity index (χ1v) is 15.2. The Labute approximate surface area is 262 Å². The first-order chi connectivity index (χ1) is 21.6. The van der Waals surface area contributed by atoms with E-state index >= 15 is 0 Å². The van der Waals surface area contributed by atoms with Crippen LogP contribution in [0.4, 0.5) is 0 Å². The van der Waals surface area contributed by atoms with Crippen molar-refractivity contribution in [3.8, 4) is 0 Å². The molecule has 0 aliphatic carbocycles. The van der Waals surface area contributed by atoms with Gasteiger partial charge in [0.1, 0.15) is 0 Å². The number of carbonyl (C=O) groups excluding carboxylic acids is 3. The molecule has 0 saturated heterocycles. The molecule has 0 unspecified atom stereocenters. The molecule has 0 aliphatic rings. The number of amides is 3. The molecule has 9 nitrogen and oxygen atoms in total. The molecule has 0 spiro atoms. The van der Waals surface area contributed by atoms with Gasteiger partial charge in [-0.2, -0.15) is 0 Å². The van der Waals surface area contributed by atoms with Gasteiger partial charge in [-0.3, -0.25) is 24.4 Å². The summed E-state index contributed by atoms with van der Waals surface area (Å²) in [5, 5.41) is 8.05. The molecule has 0 bridgehead atoms. The van der Waals surface area contributed by atoms with Crippen LogP contribution in [0.15, 0.2) is 110 Å². The van der Waals surface area contributed by atoms with Crippen molar-refractivity contribution in [2.45, 2.75) is 58.3 Å². The van der Waals surface area contributed by atoms with Crippen molar-refractivity contribution < 1.29 is 14.4 Å². The topological polar surface area (TPSA) is 139 Å². The summed E-state index contributed by atoms with van der Waals surface area (Å²) in [5.41, 5.74) is 6.16. The minimum Gasteiger partial charge on any atom is -0.354 e. The highest BCUT2D eigenvalue weighted by atomic mass is 16.2. The Morgan fingerprint density at radius 2 is 1.16 bits per heavy atom. The zero-order chi connectivity index (χ0) is 31.9. The molecule has 0 atom stereocenters. The van der Waals surface area contributed by atoms with E-state index < -0.39 is 0 Å². The van der Waals surface area contributed by atoms with Crippen molar-refractivity contribution in [1.29, 1.82) is 0 Å². The molecule has 0 aliphatic heterocycles. The summed E-state index contributed by atoms with van der Waals surface area (Å²) in [4.78, 5) is 42.4. The van der Waals surface area contributed by atoms with Gasteiger partial charge in [0.05, 0.1) is 17.8 Å². The second-order valence-corrected chi connectivity index (χ2v) is 9.40. The standard InChI is InChI=1S/C28H39N3O2.C7H9N3O/c1-2-3-4-5-6-7-8-9-10-11-12-13-14-15-16-17-18-21-27(32)30-23-24-31-28(33)26-20-19-22-29-25-26;8-5-10-7(11)6-2-1-3-9-4-6/h3-4,6-7,9-10,12-13,15-16,19-20,22,25H,2,5,8,11,14,17-18,21,23-24H2,1H3,(H,30,32)(H,31,33);1-4H,5,8H2,(H,10,11)/b4-3-,7-6-,10-9-,13-12-,16-15-;. The van der Waals surface area contributed by atoms with Crippen LogP contribution in [0.3, 0.4) is 0 Å². The number of hydrogen-bond donors (Lipinski definition) is 4. The van der Waals surface area contributed by atoms with E-state index in [0.717, 1.165) is 44.9 Å². The number of nitrogens with two attached hydrogens (primary N) is 1. The third-order valence-corrected chi connectivity index (χ3v) is 5.78. The van der Waals surface area contributed by atoms with E-state index in [1.54, 1.807) is 36.7 Å². The Bertz CT molecular complexity index is 1190. The largest absolute Gasteiger partial charge is 0.354 e. The average Bonchev–Trinajstić information content (AvgIpc) is 3.05. The van der Waals surface area contributed by atoms with E-state index in [2.05, 4.69) is 93.6 Å². The van der Waals surface area contributed by atoms with Crippen LogP contribution in [0.25, 0.3) is 0 Å². The van der Waals surface area contributed by atoms with Gasteiger partial charge in [0.25, 0.3) is 11.8 Å². The number of rotatable bonds is 19. The normalized spacial score (nSPS) is 11.3. The number of pyridine rings is 2. The lowest BCUT2D eigenvalue weighted by Crippen LogP contribution is -2.34. The van der Waals surface area contributed by atoms with E-state index in [0.29, 0.717) is 30.6 Å². The molecular formula is C35H48N6O3. The van der Waals surface area contributed by atoms with Gasteiger partial charge in [0.15, 0.2) is 0 Å². The van der Waals surface area contributed by atoms with E-state index in [4.69, 9.17) is 5.73 Å². The van der Waals surface area contributed by atoms with Gasteiger partial charge in [-0.15, -0.1) is 0 Å². The molecule has 0 radical (unpaired) electrons. The van der Waals surface area contributed by atoms with Gasteiger partial charge < -0.3 is 21.7 Å². The van der Waals surface area contributed by atoms with Crippen molar-refractivity contribution >= 4 is 17.7 Å². The molecule has 9 heteroatoms. The highest BCUT2D eigenvalue weighted by Crippen LogP contribution is 2.00. The molecule has 0 aromatic carbocycles. The van der Waals surface area contributed by atoms with Crippen LogP contribution in [0, 0.1) is 0 Å². The Balaban J connectivity index is 0.000000733. The smallest absolute Gasteiger partial charge is 0.253 e. The Morgan fingerprint density at radius 3 is 1.64 bits per heavy atom. The molecule has 2 heterocycles. The van der Waals surface area contributed by atoms with Gasteiger partial charge in [-0.1, -0.05) is 67.7 Å². The van der Waals surface area contributed by atoms with Crippen molar-refractivity contribution in [3.63, 3.8) is 0 Å². The number of unbranched alkanes of at least 4 members (excludes halogenated alkanes) is 1. The summed E-state index contributed by atoms with van der Waals surface area (Å²) in [7, 11) is 0. The predicted molar refractivity (Wildman–Crippen MR) is 179 cm³/mol. The molecule has 3 amide bonds. The summed E-state index contributed by atoms with van der Waals surface area (Å²) >= 11 is 0. The second kappa shape index (κ2) is 27.2. The van der Waals surface area contributed by atoms with Crippen molar-refractivity contribution in [2.24, 2.45) is 5.73 Å². The molecule has 0 fully saturated rings. The molecular weight excluding hydrogens is 552 g/mol. The Hall–Kier alpha value is -4.63. The van der Waals surface area contributed by atoms with Gasteiger partial charge >= 0.3 is 0 Å². The first kappa shape index (κ1) is 37.4. The van der Waals surface area contributed by atoms with Crippen LogP contribution in [-0.4, -0.2) is 47.4 Å². The molecule has 2 aromatic rings. The number of carbonyl (C=O) groups is 3. The highest BCUT2D eigenvalue weighted by Gasteiger charge is 2.04. The number of aromatic nitrogens is 2. The fourth-order valence-electron chi connectivity index (χ4n) is 3.51. The SMILES string of the molecule is CC/C=C\C/C=C\C/C=C\C/C=C\C/C=C\CCCC(=O)NCCNC(=O)c1cccnc1.NCNC(=O)c1cccnc1. The van der Waals surface area contributed by atoms with Gasteiger partial charge in [-0.05, 0) is 69.2 Å². The average molecular weight is 601 g/mol. The summed E-state index contributed by atoms with van der Waals surface area (Å²) in [6.45, 7) is 3.11. The van der Waals surface area contributed by atoms with Crippen LogP contribution >= 0.6 is 0 Å². The minimum atomic E-state index is -0.194. The molecule has 0 saturated carbocycles. The zero-order valence-electron chi connectivity index (χ0n) is 25.9. The maximum atomic E-state index is 11.9. The maximum Gasteiger partial charge on any atom is 0.253 e. The second-order valence-electron chi connectivity index (χ2n) is 9.40. The Kier molecular flexibility index (Phi) is 23.1. The van der Waals surface area contributed by atoms with Crippen LogP contribution in [0.1, 0.15) is 79.0 Å². The summed E-state index contributed by atoms with van der Waals surface area (Å²) in [5.74, 6) is -0.366. The highest BCUT2D eigenvalue weighted by molar-refractivity contribution is 5.94. The van der Waals surface area contributed by atoms with Gasteiger partial charge in [-0.25, -0.2) is 0 Å². The lowest BCUT2D eigenvalue weighted by Gasteiger charge is -2.06. The lowest BCUT2D eigenvalue weighted by molar-refractivity contribution is -0.121. The lowest BCUT2D eigenvalue weighted by atomic mass is 10.2. The van der Waals surface area contributed by atoms with Crippen LogP contribution < -0.4 is 21.7 Å². The van der Waals surface area contributed by atoms with Crippen LogP contribution in [-0.2, 0) is 4.79 Å². The van der Waals surface area contributed by atoms with Crippen molar-refractivity contribution in [3.05, 3.63) is 121 Å². The zero-order valence-corrected chi connectivity index (χ0v) is 25.9.